The number of morpholine rings is 1. The Bertz CT molecular complexity index is 474. The molecule has 0 aromatic carbocycles. The molecule has 0 saturated carbocycles. The lowest BCUT2D eigenvalue weighted by Gasteiger charge is -2.26. The van der Waals surface area contributed by atoms with E-state index in [1.807, 2.05) is 18.7 Å². The van der Waals surface area contributed by atoms with E-state index < -0.39 is 0 Å². The Kier molecular flexibility index (Phi) is 5.74. The molecule has 7 nitrogen and oxygen atoms in total. The average Bonchev–Trinajstić information content (AvgIpc) is 2.52. The standard InChI is InChI=1S/C14H23N5O2/c1-3-15-13-11(2)14(18-10-17-13)16-5-4-12(20)19-6-8-21-9-7-19/h10H,3-9H2,1-2H3,(H2,15,16,17,18). The first-order chi connectivity index (χ1) is 10.2. The van der Waals surface area contributed by atoms with Crippen LogP contribution >= 0.6 is 0 Å². The first-order valence-corrected chi connectivity index (χ1v) is 7.37. The fourth-order valence-corrected chi connectivity index (χ4v) is 2.23. The normalized spacial score (nSPS) is 14.9. The third kappa shape index (κ3) is 4.29. The summed E-state index contributed by atoms with van der Waals surface area (Å²) in [6.45, 7) is 8.02. The fourth-order valence-electron chi connectivity index (χ4n) is 2.23. The molecule has 1 amide bonds. The molecule has 0 spiro atoms. The van der Waals surface area contributed by atoms with Crippen LogP contribution in [-0.4, -0.2) is 60.2 Å². The Morgan fingerprint density at radius 1 is 1.29 bits per heavy atom. The molecule has 116 valence electrons. The highest BCUT2D eigenvalue weighted by Gasteiger charge is 2.16. The van der Waals surface area contributed by atoms with E-state index in [1.165, 1.54) is 6.33 Å². The van der Waals surface area contributed by atoms with Crippen molar-refractivity contribution in [3.63, 3.8) is 0 Å². The summed E-state index contributed by atoms with van der Waals surface area (Å²) in [5.74, 6) is 1.76. The van der Waals surface area contributed by atoms with Crippen molar-refractivity contribution < 1.29 is 9.53 Å². The second kappa shape index (κ2) is 7.78. The van der Waals surface area contributed by atoms with Crippen molar-refractivity contribution in [1.29, 1.82) is 0 Å². The summed E-state index contributed by atoms with van der Waals surface area (Å²) in [5, 5.41) is 6.40. The van der Waals surface area contributed by atoms with E-state index in [9.17, 15) is 4.79 Å². The van der Waals surface area contributed by atoms with Crippen molar-refractivity contribution >= 4 is 17.5 Å². The molecule has 0 bridgehead atoms. The number of ether oxygens (including phenoxy) is 1. The minimum absolute atomic E-state index is 0.157. The fraction of sp³-hybridized carbons (Fsp3) is 0.643. The molecule has 1 aromatic heterocycles. The number of anilines is 2. The zero-order chi connectivity index (χ0) is 15.1. The van der Waals surface area contributed by atoms with Crippen LogP contribution < -0.4 is 10.6 Å². The van der Waals surface area contributed by atoms with Gasteiger partial charge in [-0.1, -0.05) is 0 Å². The lowest BCUT2D eigenvalue weighted by Crippen LogP contribution is -2.41. The SMILES string of the molecule is CCNc1ncnc(NCCC(=O)N2CCOCC2)c1C. The number of aromatic nitrogens is 2. The third-order valence-corrected chi connectivity index (χ3v) is 3.42. The van der Waals surface area contributed by atoms with E-state index in [0.29, 0.717) is 39.3 Å². The number of hydrogen-bond donors (Lipinski definition) is 2. The molecule has 21 heavy (non-hydrogen) atoms. The van der Waals surface area contributed by atoms with Crippen LogP contribution in [0.25, 0.3) is 0 Å². The van der Waals surface area contributed by atoms with E-state index in [0.717, 1.165) is 23.7 Å². The minimum Gasteiger partial charge on any atom is -0.378 e. The van der Waals surface area contributed by atoms with E-state index in [-0.39, 0.29) is 5.91 Å². The summed E-state index contributed by atoms with van der Waals surface area (Å²) in [5.41, 5.74) is 0.971. The Balaban J connectivity index is 1.82. The lowest BCUT2D eigenvalue weighted by atomic mass is 10.3. The highest BCUT2D eigenvalue weighted by atomic mass is 16.5. The number of nitrogens with one attached hydrogen (secondary N) is 2. The molecule has 7 heteroatoms. The monoisotopic (exact) mass is 293 g/mol. The van der Waals surface area contributed by atoms with Gasteiger partial charge in [0.2, 0.25) is 5.91 Å². The van der Waals surface area contributed by atoms with E-state index in [1.54, 1.807) is 0 Å². The van der Waals surface area contributed by atoms with E-state index in [2.05, 4.69) is 20.6 Å². The third-order valence-electron chi connectivity index (χ3n) is 3.42. The summed E-state index contributed by atoms with van der Waals surface area (Å²) in [6, 6.07) is 0. The van der Waals surface area contributed by atoms with Gasteiger partial charge in [-0.25, -0.2) is 9.97 Å². The highest BCUT2D eigenvalue weighted by Crippen LogP contribution is 2.17. The quantitative estimate of drug-likeness (QED) is 0.810. The van der Waals surface area contributed by atoms with Gasteiger partial charge in [-0.15, -0.1) is 0 Å². The van der Waals surface area contributed by atoms with Crippen LogP contribution in [0.2, 0.25) is 0 Å². The van der Waals surface area contributed by atoms with Gasteiger partial charge in [-0.3, -0.25) is 4.79 Å². The number of amides is 1. The van der Waals surface area contributed by atoms with Crippen LogP contribution in [0.3, 0.4) is 0 Å². The zero-order valence-corrected chi connectivity index (χ0v) is 12.7. The van der Waals surface area contributed by atoms with Gasteiger partial charge >= 0.3 is 0 Å². The van der Waals surface area contributed by atoms with Crippen molar-refractivity contribution in [2.24, 2.45) is 0 Å². The van der Waals surface area contributed by atoms with Crippen LogP contribution in [0.5, 0.6) is 0 Å². The second-order valence-corrected chi connectivity index (χ2v) is 4.90. The number of carbonyl (C=O) groups excluding carboxylic acids is 1. The molecular formula is C14H23N5O2. The smallest absolute Gasteiger partial charge is 0.224 e. The van der Waals surface area contributed by atoms with Gasteiger partial charge in [-0.2, -0.15) is 0 Å². The number of carbonyl (C=O) groups is 1. The van der Waals surface area contributed by atoms with Crippen molar-refractivity contribution in [2.45, 2.75) is 20.3 Å². The van der Waals surface area contributed by atoms with Gasteiger partial charge < -0.3 is 20.3 Å². The van der Waals surface area contributed by atoms with Gasteiger partial charge in [-0.05, 0) is 13.8 Å². The van der Waals surface area contributed by atoms with Crippen LogP contribution in [-0.2, 0) is 9.53 Å². The number of rotatable bonds is 6. The predicted molar refractivity (Wildman–Crippen MR) is 81.4 cm³/mol. The molecule has 1 saturated heterocycles. The molecular weight excluding hydrogens is 270 g/mol. The Labute approximate surface area is 125 Å². The molecule has 0 unspecified atom stereocenters. The van der Waals surface area contributed by atoms with Crippen molar-refractivity contribution in [1.82, 2.24) is 14.9 Å². The summed E-state index contributed by atoms with van der Waals surface area (Å²) >= 11 is 0. The molecule has 1 aliphatic rings. The molecule has 2 N–H and O–H groups in total. The van der Waals surface area contributed by atoms with Crippen molar-refractivity contribution in [3.05, 3.63) is 11.9 Å². The lowest BCUT2D eigenvalue weighted by molar-refractivity contribution is -0.134. The van der Waals surface area contributed by atoms with Gasteiger partial charge in [0.1, 0.15) is 18.0 Å². The Hall–Kier alpha value is -1.89. The maximum absolute atomic E-state index is 12.0. The summed E-state index contributed by atoms with van der Waals surface area (Å²) in [4.78, 5) is 22.3. The topological polar surface area (TPSA) is 79.4 Å². The first-order valence-electron chi connectivity index (χ1n) is 7.37. The predicted octanol–water partition coefficient (Wildman–Crippen LogP) is 0.878. The van der Waals surface area contributed by atoms with Gasteiger partial charge in [0.05, 0.1) is 13.2 Å². The molecule has 0 radical (unpaired) electrons. The Morgan fingerprint density at radius 3 is 2.62 bits per heavy atom. The molecule has 2 heterocycles. The zero-order valence-electron chi connectivity index (χ0n) is 12.7. The molecule has 1 aromatic rings. The molecule has 0 aliphatic carbocycles. The van der Waals surface area contributed by atoms with Gasteiger partial charge in [0, 0.05) is 38.2 Å². The van der Waals surface area contributed by atoms with E-state index >= 15 is 0 Å². The van der Waals surface area contributed by atoms with Crippen LogP contribution in [0.1, 0.15) is 18.9 Å². The van der Waals surface area contributed by atoms with Gasteiger partial charge in [0.15, 0.2) is 0 Å². The van der Waals surface area contributed by atoms with Crippen LogP contribution in [0.15, 0.2) is 6.33 Å². The summed E-state index contributed by atoms with van der Waals surface area (Å²) in [7, 11) is 0. The van der Waals surface area contributed by atoms with E-state index in [4.69, 9.17) is 4.74 Å². The maximum Gasteiger partial charge on any atom is 0.224 e. The number of nitrogens with zero attached hydrogens (tertiary/aromatic N) is 3. The van der Waals surface area contributed by atoms with Gasteiger partial charge in [0.25, 0.3) is 0 Å². The summed E-state index contributed by atoms with van der Waals surface area (Å²) < 4.78 is 5.24. The average molecular weight is 293 g/mol. The molecule has 1 fully saturated rings. The maximum atomic E-state index is 12.0. The first kappa shape index (κ1) is 15.5. The molecule has 1 aliphatic heterocycles. The van der Waals surface area contributed by atoms with Crippen molar-refractivity contribution in [3.8, 4) is 0 Å². The van der Waals surface area contributed by atoms with Crippen LogP contribution in [0.4, 0.5) is 11.6 Å². The summed E-state index contributed by atoms with van der Waals surface area (Å²) in [6.07, 6.45) is 1.98. The Morgan fingerprint density at radius 2 is 1.95 bits per heavy atom. The number of hydrogen-bond acceptors (Lipinski definition) is 6. The molecule has 0 atom stereocenters. The van der Waals surface area contributed by atoms with Crippen LogP contribution in [0, 0.1) is 6.92 Å². The largest absolute Gasteiger partial charge is 0.378 e. The minimum atomic E-state index is 0.157. The molecule has 2 rings (SSSR count). The second-order valence-electron chi connectivity index (χ2n) is 4.90. The highest BCUT2D eigenvalue weighted by molar-refractivity contribution is 5.76. The van der Waals surface area contributed by atoms with Crippen molar-refractivity contribution in [2.75, 3.05) is 50.0 Å².